The number of aliphatic imine (C=N–C) groups is 2. The van der Waals surface area contributed by atoms with Crippen molar-refractivity contribution >= 4 is 84.9 Å². The van der Waals surface area contributed by atoms with Gasteiger partial charge in [-0.2, -0.15) is 5.10 Å². The van der Waals surface area contributed by atoms with Gasteiger partial charge in [0.1, 0.15) is 14.3 Å². The molecule has 0 amide bonds. The van der Waals surface area contributed by atoms with Crippen LogP contribution in [-0.4, -0.2) is 135 Å². The van der Waals surface area contributed by atoms with Crippen LogP contribution >= 0.6 is 63.8 Å². The number of aromatic nitrogens is 7. The van der Waals surface area contributed by atoms with Crippen molar-refractivity contribution in [2.45, 2.75) is 46.4 Å². The molecule has 22 heteroatoms. The van der Waals surface area contributed by atoms with Crippen molar-refractivity contribution in [2.75, 3.05) is 80.3 Å². The van der Waals surface area contributed by atoms with Crippen LogP contribution in [0.2, 0.25) is 0 Å². The summed E-state index contributed by atoms with van der Waals surface area (Å²) in [4.78, 5) is 13.3. The van der Waals surface area contributed by atoms with Gasteiger partial charge >= 0.3 is 54.1 Å². The molecule has 1 fully saturated rings. The van der Waals surface area contributed by atoms with Gasteiger partial charge in [0.2, 0.25) is 11.1 Å². The number of thioether (sulfide) groups is 2. The minimum Gasteiger partial charge on any atom is -0.357 e. The first-order chi connectivity index (χ1) is 27.0. The maximum Gasteiger partial charge on any atom is 0.174 e. The van der Waals surface area contributed by atoms with E-state index < -0.39 is 5.35 Å². The van der Waals surface area contributed by atoms with E-state index in [0.29, 0.717) is 0 Å². The van der Waals surface area contributed by atoms with Crippen LogP contribution in [0.15, 0.2) is 81.1 Å². The number of hydrogen-bond acceptors (Lipinski definition) is 15. The zero-order chi connectivity index (χ0) is 43.2. The van der Waals surface area contributed by atoms with Crippen molar-refractivity contribution in [3.05, 3.63) is 76.8 Å². The predicted octanol–water partition coefficient (Wildman–Crippen LogP) is 8.73. The summed E-state index contributed by atoms with van der Waals surface area (Å²) in [5, 5.41) is 26.6. The molecule has 0 atom stereocenters. The van der Waals surface area contributed by atoms with Crippen LogP contribution in [0, 0.1) is 13.8 Å². The zero-order valence-corrected chi connectivity index (χ0v) is 43.3. The Labute approximate surface area is 387 Å². The minimum absolute atomic E-state index is 0. The number of guanidine groups is 1. The van der Waals surface area contributed by atoms with Crippen LogP contribution in [0.1, 0.15) is 38.2 Å². The van der Waals surface area contributed by atoms with E-state index in [1.54, 1.807) is 78.3 Å². The summed E-state index contributed by atoms with van der Waals surface area (Å²) in [6.45, 7) is 14.6. The number of hydrogen-bond donors (Lipinski definition) is 2. The van der Waals surface area contributed by atoms with Crippen molar-refractivity contribution in [1.29, 1.82) is 0 Å². The Morgan fingerprint density at radius 3 is 1.76 bits per heavy atom. The summed E-state index contributed by atoms with van der Waals surface area (Å²) in [7, 11) is 14.9. The average molecular weight is 1100 g/mol. The second-order valence-corrected chi connectivity index (χ2v) is 26.1. The van der Waals surface area contributed by atoms with Crippen molar-refractivity contribution in [3.63, 3.8) is 0 Å². The van der Waals surface area contributed by atoms with Crippen LogP contribution in [0.25, 0.3) is 0 Å². The first-order valence-corrected chi connectivity index (χ1v) is 27.2. The Morgan fingerprint density at radius 2 is 1.59 bits per heavy atom. The molecule has 2 N–H and O–H groups in total. The normalized spacial score (nSPS) is 13.7. The second-order valence-electron chi connectivity index (χ2n) is 11.5. The summed E-state index contributed by atoms with van der Waals surface area (Å²) < 4.78 is 15.8. The Hall–Kier alpha value is -2.54. The molecule has 59 heavy (non-hydrogen) atoms. The third kappa shape index (κ3) is 32.9. The predicted molar refractivity (Wildman–Crippen MR) is 262 cm³/mol. The van der Waals surface area contributed by atoms with Gasteiger partial charge in [0.15, 0.2) is 4.34 Å². The summed E-state index contributed by atoms with van der Waals surface area (Å²) in [5.74, 6) is 0.752. The largest absolute Gasteiger partial charge is 0.357 e. The van der Waals surface area contributed by atoms with E-state index in [1.807, 2.05) is 108 Å². The number of thiocarbonyl (C=S) groups is 1. The molecule has 0 unspecified atom stereocenters. The van der Waals surface area contributed by atoms with Gasteiger partial charge in [-0.3, -0.25) is 9.67 Å². The van der Waals surface area contributed by atoms with Crippen LogP contribution in [-0.2, 0) is 42.0 Å². The molecule has 3 aliphatic heterocycles. The summed E-state index contributed by atoms with van der Waals surface area (Å²) in [6, 6.07) is 5.89. The molecule has 7 heterocycles. The second kappa shape index (κ2) is 36.1. The Bertz CT molecular complexity index is 1720. The number of nitrogens with zero attached hydrogens (tertiary/aromatic N) is 11. The van der Waals surface area contributed by atoms with Crippen molar-refractivity contribution in [1.82, 2.24) is 49.9 Å². The van der Waals surface area contributed by atoms with Crippen molar-refractivity contribution in [2.24, 2.45) is 24.1 Å². The van der Waals surface area contributed by atoms with Crippen molar-refractivity contribution in [3.8, 4) is 0 Å². The van der Waals surface area contributed by atoms with Gasteiger partial charge in [0.05, 0.1) is 6.54 Å². The molecule has 0 aromatic carbocycles. The molecule has 0 aliphatic carbocycles. The molecule has 1 saturated heterocycles. The SMILES string of the molecule is C.C.C=C1CN(C)C(=S)S1.CN1C=CCC1.CN=C1N=C(C)CN1.CNc1nnc(C)s1.CO[P](C)(=[W])OC.CSc1nnc(C)s1.Cn1cccc1.Cn1cccn1. The third-order valence-electron chi connectivity index (χ3n) is 6.45. The first kappa shape index (κ1) is 60.8. The molecule has 334 valence electrons. The summed E-state index contributed by atoms with van der Waals surface area (Å²) in [5.41, 5.74) is 1.10. The van der Waals surface area contributed by atoms with Gasteiger partial charge in [-0.1, -0.05) is 85.9 Å². The molecule has 15 nitrogen and oxygen atoms in total. The van der Waals surface area contributed by atoms with E-state index in [4.69, 9.17) is 21.3 Å². The quantitative estimate of drug-likeness (QED) is 0.114. The average Bonchev–Trinajstić information content (AvgIpc) is 4.05. The summed E-state index contributed by atoms with van der Waals surface area (Å²) >= 11 is 12.8. The fourth-order valence-electron chi connectivity index (χ4n) is 3.36. The van der Waals surface area contributed by atoms with E-state index in [2.05, 4.69) is 76.9 Å². The topological polar surface area (TPSA) is 148 Å². The number of rotatable bonds is 4. The fourth-order valence-corrected chi connectivity index (χ4v) is 6.44. The smallest absolute Gasteiger partial charge is 0.174 e. The van der Waals surface area contributed by atoms with E-state index in [0.717, 1.165) is 53.5 Å². The van der Waals surface area contributed by atoms with Crippen molar-refractivity contribution < 1.29 is 27.9 Å². The van der Waals surface area contributed by atoms with Gasteiger partial charge in [0, 0.05) is 90.8 Å². The van der Waals surface area contributed by atoms with Gasteiger partial charge in [0.25, 0.3) is 0 Å². The molecular formula is C37H68N13O2PS5W. The third-order valence-corrected chi connectivity index (χ3v) is 15.1. The standard InChI is InChI=1S/C5H9N3.C5H7NS2.C5H9N.C5H7N.C4H7N3S.C4H6N2S2.C4H6N2.C3H9O2P.2CH4.W/c1-4-3-7-5(6-2)8-4;1-4-3-6(2)5(7)8-4;2*1-6-4-2-3-5-6;1-3-6-7-4(5-2)8-3;1-3-5-6-4(7-2)8-3;1-6-4-2-3-5-6;1-4-6(3)5-2;;;/h3H2,1-2H3,(H,6,7);1,3H2,2H3;2,4H,3,5H2,1H3;2-5H,1H3;1-2H3,(H,5,7);1-2H3;2-4H,1H3;1-3H3;2*1H4;. The van der Waals surface area contributed by atoms with E-state index in [1.165, 1.54) is 31.8 Å². The number of anilines is 1. The molecule has 0 saturated carbocycles. The van der Waals surface area contributed by atoms with Gasteiger partial charge in [-0.25, -0.2) is 4.99 Å². The Morgan fingerprint density at radius 1 is 0.983 bits per heavy atom. The van der Waals surface area contributed by atoms with E-state index >= 15 is 0 Å². The Balaban J connectivity index is -0.000000606. The molecule has 4 aromatic rings. The molecule has 3 aliphatic rings. The van der Waals surface area contributed by atoms with E-state index in [9.17, 15) is 0 Å². The van der Waals surface area contributed by atoms with Crippen LogP contribution in [0.4, 0.5) is 5.13 Å². The van der Waals surface area contributed by atoms with Crippen LogP contribution in [0.3, 0.4) is 0 Å². The number of likely N-dealkylation sites (N-methyl/N-ethyl adjacent to an activating group) is 1. The maximum absolute atomic E-state index is 5.01. The molecule has 0 radical (unpaired) electrons. The van der Waals surface area contributed by atoms with E-state index in [-0.39, 0.29) is 14.9 Å². The minimum atomic E-state index is -1.32. The monoisotopic (exact) mass is 1100 g/mol. The van der Waals surface area contributed by atoms with Crippen LogP contribution in [0.5, 0.6) is 0 Å². The first-order valence-electron chi connectivity index (χ1n) is 17.2. The van der Waals surface area contributed by atoms with Gasteiger partial charge in [-0.15, -0.1) is 20.4 Å². The molecular weight excluding hydrogens is 1030 g/mol. The van der Waals surface area contributed by atoms with Gasteiger partial charge < -0.3 is 25.0 Å². The maximum atomic E-state index is 5.01. The fraction of sp³-hybridized carbons (Fsp3) is 0.514. The van der Waals surface area contributed by atoms with Crippen LogP contribution < -0.4 is 10.6 Å². The number of nitrogens with one attached hydrogen (secondary N) is 2. The summed E-state index contributed by atoms with van der Waals surface area (Å²) in [6.07, 6.45) is 15.2. The number of aryl methyl sites for hydroxylation is 4. The molecule has 7 rings (SSSR count). The molecule has 0 bridgehead atoms. The molecule has 4 aromatic heterocycles. The zero-order valence-electron chi connectivity index (χ0n) is 35.4. The van der Waals surface area contributed by atoms with Gasteiger partial charge in [-0.05, 0) is 57.8 Å². The molecule has 0 spiro atoms. The Kier molecular flexibility index (Phi) is 37.2.